The van der Waals surface area contributed by atoms with E-state index >= 15 is 0 Å². The van der Waals surface area contributed by atoms with Gasteiger partial charge in [0.05, 0.1) is 6.61 Å². The third-order valence-electron chi connectivity index (χ3n) is 11.3. The number of allylic oxidation sites excluding steroid dienone is 8. The van der Waals surface area contributed by atoms with Crippen molar-refractivity contribution >= 4 is 11.9 Å². The highest BCUT2D eigenvalue weighted by atomic mass is 16.6. The van der Waals surface area contributed by atoms with Crippen LogP contribution in [0.4, 0.5) is 0 Å². The van der Waals surface area contributed by atoms with E-state index in [9.17, 15) is 9.59 Å². The molecule has 0 spiro atoms. The average molecular weight is 841 g/mol. The first-order chi connectivity index (χ1) is 29.6. The van der Waals surface area contributed by atoms with Crippen molar-refractivity contribution in [1.29, 1.82) is 0 Å². The zero-order chi connectivity index (χ0) is 43.5. The van der Waals surface area contributed by atoms with E-state index in [0.717, 1.165) is 57.8 Å². The van der Waals surface area contributed by atoms with Crippen molar-refractivity contribution in [2.45, 2.75) is 271 Å². The van der Waals surface area contributed by atoms with E-state index in [1.54, 1.807) is 0 Å². The van der Waals surface area contributed by atoms with Gasteiger partial charge in [0.2, 0.25) is 0 Å². The highest BCUT2D eigenvalue weighted by molar-refractivity contribution is 5.70. The van der Waals surface area contributed by atoms with Crippen molar-refractivity contribution in [2.75, 3.05) is 19.8 Å². The molecule has 0 aromatic heterocycles. The van der Waals surface area contributed by atoms with Gasteiger partial charge in [-0.25, -0.2) is 0 Å². The summed E-state index contributed by atoms with van der Waals surface area (Å²) < 4.78 is 17.3. The van der Waals surface area contributed by atoms with Crippen molar-refractivity contribution in [3.05, 3.63) is 48.6 Å². The normalized spacial score (nSPS) is 12.5. The third kappa shape index (κ3) is 48.5. The molecular formula is C55H100O5. The van der Waals surface area contributed by atoms with Crippen molar-refractivity contribution < 1.29 is 23.8 Å². The number of rotatable bonds is 48. The fourth-order valence-electron chi connectivity index (χ4n) is 7.46. The summed E-state index contributed by atoms with van der Waals surface area (Å²) in [6.45, 7) is 7.69. The molecule has 0 radical (unpaired) electrons. The predicted octanol–water partition coefficient (Wildman–Crippen LogP) is 17.6. The van der Waals surface area contributed by atoms with E-state index in [-0.39, 0.29) is 25.2 Å². The second-order valence-corrected chi connectivity index (χ2v) is 17.4. The number of carbonyl (C=O) groups excluding carboxylic acids is 2. The lowest BCUT2D eigenvalue weighted by molar-refractivity contribution is -0.163. The maximum atomic E-state index is 12.7. The molecule has 1 unspecified atom stereocenters. The van der Waals surface area contributed by atoms with Crippen LogP contribution in [0.3, 0.4) is 0 Å². The van der Waals surface area contributed by atoms with E-state index in [0.29, 0.717) is 19.4 Å². The van der Waals surface area contributed by atoms with Gasteiger partial charge in [-0.05, 0) is 77.0 Å². The minimum Gasteiger partial charge on any atom is -0.462 e. The Morgan fingerprint density at radius 1 is 0.383 bits per heavy atom. The van der Waals surface area contributed by atoms with Crippen LogP contribution in [-0.2, 0) is 23.8 Å². The summed E-state index contributed by atoms with van der Waals surface area (Å²) in [6.07, 6.45) is 62.8. The molecule has 0 aliphatic rings. The largest absolute Gasteiger partial charge is 0.462 e. The lowest BCUT2D eigenvalue weighted by atomic mass is 10.1. The summed E-state index contributed by atoms with van der Waals surface area (Å²) in [6, 6.07) is 0. The number of ether oxygens (including phenoxy) is 3. The fraction of sp³-hybridized carbons (Fsp3) is 0.818. The van der Waals surface area contributed by atoms with Gasteiger partial charge in [-0.3, -0.25) is 9.59 Å². The second kappa shape index (κ2) is 51.2. The van der Waals surface area contributed by atoms with Crippen molar-refractivity contribution in [3.8, 4) is 0 Å². The van der Waals surface area contributed by atoms with Crippen LogP contribution in [0.25, 0.3) is 0 Å². The summed E-state index contributed by atoms with van der Waals surface area (Å²) in [7, 11) is 0. The molecule has 0 amide bonds. The lowest BCUT2D eigenvalue weighted by Gasteiger charge is -2.18. The molecular weight excluding hydrogens is 741 g/mol. The maximum Gasteiger partial charge on any atom is 0.306 e. The van der Waals surface area contributed by atoms with Gasteiger partial charge in [0, 0.05) is 19.4 Å². The Balaban J connectivity index is 4.09. The average Bonchev–Trinajstić information content (AvgIpc) is 3.25. The van der Waals surface area contributed by atoms with Crippen LogP contribution < -0.4 is 0 Å². The van der Waals surface area contributed by atoms with E-state index < -0.39 is 6.10 Å². The number of hydrogen-bond acceptors (Lipinski definition) is 5. The molecule has 0 aromatic carbocycles. The SMILES string of the molecule is CC/C=C\C/C=C\C/C=C\CCCCCCCCCCOCC(COC(=O)CCCCCCCCCCC/C=C\CCCCCCCC)OC(=O)CCCCCCCCC. The van der Waals surface area contributed by atoms with Crippen LogP contribution in [0.2, 0.25) is 0 Å². The fourth-order valence-corrected chi connectivity index (χ4v) is 7.46. The van der Waals surface area contributed by atoms with Gasteiger partial charge in [0.15, 0.2) is 6.10 Å². The molecule has 0 aliphatic heterocycles. The number of carbonyl (C=O) groups is 2. The van der Waals surface area contributed by atoms with Gasteiger partial charge < -0.3 is 14.2 Å². The Kier molecular flexibility index (Phi) is 49.4. The topological polar surface area (TPSA) is 61.8 Å². The number of esters is 2. The molecule has 0 saturated heterocycles. The van der Waals surface area contributed by atoms with Crippen LogP contribution in [0.15, 0.2) is 48.6 Å². The molecule has 0 fully saturated rings. The first-order valence-electron chi connectivity index (χ1n) is 26.2. The quantitative estimate of drug-likeness (QED) is 0.0347. The summed E-state index contributed by atoms with van der Waals surface area (Å²) in [4.78, 5) is 25.3. The molecule has 0 N–H and O–H groups in total. The Hall–Kier alpha value is -2.14. The van der Waals surface area contributed by atoms with Crippen LogP contribution >= 0.6 is 0 Å². The molecule has 1 atom stereocenters. The minimum atomic E-state index is -0.536. The minimum absolute atomic E-state index is 0.0836. The predicted molar refractivity (Wildman–Crippen MR) is 261 cm³/mol. The molecule has 60 heavy (non-hydrogen) atoms. The van der Waals surface area contributed by atoms with Crippen LogP contribution in [0.5, 0.6) is 0 Å². The van der Waals surface area contributed by atoms with Crippen LogP contribution in [0, 0.1) is 0 Å². The maximum absolute atomic E-state index is 12.7. The van der Waals surface area contributed by atoms with Crippen LogP contribution in [-0.4, -0.2) is 37.9 Å². The molecule has 0 bridgehead atoms. The molecule has 5 nitrogen and oxygen atoms in total. The summed E-state index contributed by atoms with van der Waals surface area (Å²) in [5.74, 6) is -0.400. The Bertz CT molecular complexity index is 997. The van der Waals surface area contributed by atoms with Gasteiger partial charge in [-0.15, -0.1) is 0 Å². The number of hydrogen-bond donors (Lipinski definition) is 0. The molecule has 0 aliphatic carbocycles. The summed E-state index contributed by atoms with van der Waals surface area (Å²) in [5.41, 5.74) is 0. The lowest BCUT2D eigenvalue weighted by Crippen LogP contribution is -2.30. The standard InChI is InChI=1S/C55H100O5/c1-4-7-10-13-16-18-20-22-24-26-28-29-31-33-35-37-40-42-45-48-54(56)59-52-53(60-55(57)49-46-43-39-15-12-9-6-3)51-58-50-47-44-41-38-36-34-32-30-27-25-23-21-19-17-14-11-8-5-2/h8,11,17,19,22-25,53H,4-7,9-10,12-16,18,20-21,26-52H2,1-3H3/b11-8-,19-17-,24-22-,25-23-. The summed E-state index contributed by atoms with van der Waals surface area (Å²) in [5, 5.41) is 0. The van der Waals surface area contributed by atoms with Crippen molar-refractivity contribution in [3.63, 3.8) is 0 Å². The molecule has 5 heteroatoms. The molecule has 0 heterocycles. The van der Waals surface area contributed by atoms with Gasteiger partial charge in [0.25, 0.3) is 0 Å². The summed E-state index contributed by atoms with van der Waals surface area (Å²) >= 11 is 0. The van der Waals surface area contributed by atoms with Crippen LogP contribution in [0.1, 0.15) is 265 Å². The number of unbranched alkanes of at least 4 members (excludes halogenated alkanes) is 29. The molecule has 0 saturated carbocycles. The first-order valence-corrected chi connectivity index (χ1v) is 26.2. The Labute approximate surface area is 373 Å². The molecule has 0 aromatic rings. The highest BCUT2D eigenvalue weighted by Crippen LogP contribution is 2.15. The third-order valence-corrected chi connectivity index (χ3v) is 11.3. The van der Waals surface area contributed by atoms with Crippen molar-refractivity contribution in [1.82, 2.24) is 0 Å². The van der Waals surface area contributed by atoms with E-state index in [1.807, 2.05) is 0 Å². The second-order valence-electron chi connectivity index (χ2n) is 17.4. The van der Waals surface area contributed by atoms with E-state index in [1.165, 1.54) is 173 Å². The van der Waals surface area contributed by atoms with E-state index in [4.69, 9.17) is 14.2 Å². The Morgan fingerprint density at radius 2 is 0.750 bits per heavy atom. The van der Waals surface area contributed by atoms with Gasteiger partial charge in [0.1, 0.15) is 6.61 Å². The molecule has 0 rings (SSSR count). The molecule has 350 valence electrons. The highest BCUT2D eigenvalue weighted by Gasteiger charge is 2.17. The zero-order valence-electron chi connectivity index (χ0n) is 40.2. The monoisotopic (exact) mass is 841 g/mol. The Morgan fingerprint density at radius 3 is 1.22 bits per heavy atom. The smallest absolute Gasteiger partial charge is 0.306 e. The van der Waals surface area contributed by atoms with Gasteiger partial charge in [-0.1, -0.05) is 223 Å². The van der Waals surface area contributed by atoms with Crippen molar-refractivity contribution in [2.24, 2.45) is 0 Å². The first kappa shape index (κ1) is 57.9. The van der Waals surface area contributed by atoms with Gasteiger partial charge in [-0.2, -0.15) is 0 Å². The van der Waals surface area contributed by atoms with E-state index in [2.05, 4.69) is 69.4 Å². The zero-order valence-corrected chi connectivity index (χ0v) is 40.2. The van der Waals surface area contributed by atoms with Gasteiger partial charge >= 0.3 is 11.9 Å².